The summed E-state index contributed by atoms with van der Waals surface area (Å²) in [6.07, 6.45) is 9.15. The number of amides is 2. The van der Waals surface area contributed by atoms with E-state index in [1.165, 1.54) is 32.3 Å². The number of nitrogens with zero attached hydrogens (tertiary/aromatic N) is 4. The lowest BCUT2D eigenvalue weighted by Gasteiger charge is -2.24. The van der Waals surface area contributed by atoms with E-state index in [1.807, 2.05) is 18.2 Å². The van der Waals surface area contributed by atoms with E-state index in [1.54, 1.807) is 37.4 Å². The molecule has 1 N–H and O–H groups in total. The van der Waals surface area contributed by atoms with Crippen LogP contribution >= 0.6 is 0 Å². The van der Waals surface area contributed by atoms with Gasteiger partial charge < -0.3 is 18.6 Å². The van der Waals surface area contributed by atoms with Crippen LogP contribution < -0.4 is 9.46 Å². The molecule has 1 aliphatic carbocycles. The average molecular weight is 634 g/mol. The summed E-state index contributed by atoms with van der Waals surface area (Å²) in [7, 11) is 2.14. The Morgan fingerprint density at radius 3 is 2.56 bits per heavy atom. The zero-order chi connectivity index (χ0) is 31.9. The van der Waals surface area contributed by atoms with Gasteiger partial charge in [0.05, 0.1) is 31.5 Å². The molecular weight excluding hydrogens is 594 g/mol. The minimum absolute atomic E-state index is 0.0538. The van der Waals surface area contributed by atoms with Crippen LogP contribution in [0.2, 0.25) is 0 Å². The van der Waals surface area contributed by atoms with Crippen LogP contribution in [0, 0.1) is 5.92 Å². The van der Waals surface area contributed by atoms with Gasteiger partial charge in [-0.05, 0) is 66.6 Å². The maximum atomic E-state index is 14.1. The largest absolute Gasteiger partial charge is 0.497 e. The Kier molecular flexibility index (Phi) is 8.45. The number of fused-ring (bicyclic) bond motifs is 5. The Bertz CT molecular complexity index is 1840. The number of methoxy groups -OCH3 is 1. The van der Waals surface area contributed by atoms with E-state index in [9.17, 15) is 18.0 Å². The van der Waals surface area contributed by atoms with Crippen LogP contribution in [0.1, 0.15) is 65.4 Å². The molecule has 0 radical (unpaired) electrons. The molecule has 2 aromatic carbocycles. The van der Waals surface area contributed by atoms with Gasteiger partial charge in [0.2, 0.25) is 11.8 Å². The summed E-state index contributed by atoms with van der Waals surface area (Å²) in [5.41, 5.74) is 5.37. The number of oxazole rings is 1. The first-order chi connectivity index (χ1) is 21.6. The smallest absolute Gasteiger partial charge is 0.303 e. The van der Waals surface area contributed by atoms with Crippen molar-refractivity contribution in [2.24, 2.45) is 5.92 Å². The molecule has 1 fully saturated rings. The Morgan fingerprint density at radius 2 is 1.87 bits per heavy atom. The van der Waals surface area contributed by atoms with E-state index in [2.05, 4.69) is 20.3 Å². The molecule has 0 spiro atoms. The van der Waals surface area contributed by atoms with Crippen LogP contribution in [0.25, 0.3) is 22.2 Å². The van der Waals surface area contributed by atoms with Gasteiger partial charge in [-0.2, -0.15) is 12.7 Å². The minimum atomic E-state index is -3.98. The number of nitrogens with one attached hydrogen (secondary N) is 1. The van der Waals surface area contributed by atoms with E-state index in [-0.39, 0.29) is 18.0 Å². The van der Waals surface area contributed by atoms with Gasteiger partial charge in [-0.1, -0.05) is 25.3 Å². The predicted octanol–water partition coefficient (Wildman–Crippen LogP) is 4.72. The Balaban J connectivity index is 1.52. The molecule has 1 atom stereocenters. The number of aromatic nitrogens is 2. The lowest BCUT2D eigenvalue weighted by atomic mass is 9.81. The number of rotatable bonds is 8. The molecule has 6 rings (SSSR count). The standard InChI is InChI=1S/C33H39N5O6S/c1-36(2)45(41,42)35-32(39)22-10-12-27-28(18-22)38-19-24(33(40)37(3)20-29-34-14-15-44-29)16-23-17-25(43-4)11-13-26(23)31(38)30(27)21-8-6-5-7-9-21/h10-15,17-18,21,24H,5-9,16,19-20H2,1-4H3,(H,35,39). The molecular formula is C33H39N5O6S. The molecule has 0 saturated heterocycles. The van der Waals surface area contributed by atoms with Gasteiger partial charge >= 0.3 is 10.2 Å². The lowest BCUT2D eigenvalue weighted by Crippen LogP contribution is -2.39. The second-order valence-corrected chi connectivity index (χ2v) is 14.1. The zero-order valence-electron chi connectivity index (χ0n) is 26.1. The molecule has 45 heavy (non-hydrogen) atoms. The maximum absolute atomic E-state index is 14.1. The summed E-state index contributed by atoms with van der Waals surface area (Å²) >= 11 is 0. The highest BCUT2D eigenvalue weighted by molar-refractivity contribution is 7.87. The van der Waals surface area contributed by atoms with Gasteiger partial charge in [0.1, 0.15) is 12.0 Å². The third-order valence-corrected chi connectivity index (χ3v) is 10.5. The van der Waals surface area contributed by atoms with Crippen LogP contribution in [-0.4, -0.2) is 67.2 Å². The zero-order valence-corrected chi connectivity index (χ0v) is 26.9. The molecule has 3 heterocycles. The Morgan fingerprint density at radius 1 is 1.09 bits per heavy atom. The second kappa shape index (κ2) is 12.3. The summed E-state index contributed by atoms with van der Waals surface area (Å²) in [6, 6.07) is 11.4. The Hall–Kier alpha value is -4.16. The van der Waals surface area contributed by atoms with E-state index in [4.69, 9.17) is 9.15 Å². The SMILES string of the molecule is COc1ccc2c(c1)CC(C(=O)N(C)Cc1ncco1)Cn1c-2c(C2CCCCC2)c2ccc(C(=O)NS(=O)(=O)N(C)C)cc21. The van der Waals surface area contributed by atoms with Crippen molar-refractivity contribution in [3.63, 3.8) is 0 Å². The molecule has 1 aliphatic heterocycles. The van der Waals surface area contributed by atoms with Crippen molar-refractivity contribution in [1.29, 1.82) is 0 Å². The van der Waals surface area contributed by atoms with Crippen LogP contribution in [-0.2, 0) is 34.5 Å². The van der Waals surface area contributed by atoms with Crippen LogP contribution in [0.3, 0.4) is 0 Å². The first kappa shape index (κ1) is 30.8. The number of carbonyl (C=O) groups excluding carboxylic acids is 2. The van der Waals surface area contributed by atoms with Gasteiger partial charge in [0.15, 0.2) is 0 Å². The number of carbonyl (C=O) groups is 2. The molecule has 2 aliphatic rings. The van der Waals surface area contributed by atoms with Crippen LogP contribution in [0.15, 0.2) is 53.3 Å². The van der Waals surface area contributed by atoms with Crippen molar-refractivity contribution in [2.75, 3.05) is 28.3 Å². The highest BCUT2D eigenvalue weighted by atomic mass is 32.2. The molecule has 0 bridgehead atoms. The molecule has 4 aromatic rings. The van der Waals surface area contributed by atoms with Crippen LogP contribution in [0.4, 0.5) is 0 Å². The molecule has 2 amide bonds. The van der Waals surface area contributed by atoms with E-state index < -0.39 is 22.0 Å². The van der Waals surface area contributed by atoms with E-state index >= 15 is 0 Å². The Labute approximate surface area is 263 Å². The number of hydrogen-bond donors (Lipinski definition) is 1. The maximum Gasteiger partial charge on any atom is 0.303 e. The second-order valence-electron chi connectivity index (χ2n) is 12.2. The monoisotopic (exact) mass is 633 g/mol. The summed E-state index contributed by atoms with van der Waals surface area (Å²) in [5.74, 6) is 0.299. The van der Waals surface area contributed by atoms with Gasteiger partial charge in [-0.25, -0.2) is 9.71 Å². The number of benzene rings is 2. The topological polar surface area (TPSA) is 127 Å². The molecule has 1 saturated carbocycles. The van der Waals surface area contributed by atoms with Crippen molar-refractivity contribution < 1.29 is 27.2 Å². The van der Waals surface area contributed by atoms with Gasteiger partial charge in [0.25, 0.3) is 5.91 Å². The summed E-state index contributed by atoms with van der Waals surface area (Å²) in [5, 5.41) is 1.02. The number of hydrogen-bond acceptors (Lipinski definition) is 7. The highest BCUT2D eigenvalue weighted by Crippen LogP contribution is 2.47. The average Bonchev–Trinajstić information content (AvgIpc) is 3.61. The van der Waals surface area contributed by atoms with Crippen molar-refractivity contribution >= 4 is 32.9 Å². The summed E-state index contributed by atoms with van der Waals surface area (Å²) in [6.45, 7) is 0.621. The fraction of sp³-hybridized carbons (Fsp3) is 0.424. The molecule has 1 unspecified atom stereocenters. The molecule has 12 heteroatoms. The van der Waals surface area contributed by atoms with Gasteiger partial charge in [-0.3, -0.25) is 9.59 Å². The molecule has 238 valence electrons. The first-order valence-electron chi connectivity index (χ1n) is 15.3. The van der Waals surface area contributed by atoms with Crippen molar-refractivity contribution in [3.8, 4) is 17.0 Å². The molecule has 2 aromatic heterocycles. The van der Waals surface area contributed by atoms with Gasteiger partial charge in [-0.15, -0.1) is 0 Å². The number of ether oxygens (including phenoxy) is 1. The fourth-order valence-corrected chi connectivity index (χ4v) is 7.34. The fourth-order valence-electron chi connectivity index (χ4n) is 6.81. The quantitative estimate of drug-likeness (QED) is 0.298. The van der Waals surface area contributed by atoms with Gasteiger partial charge in [0, 0.05) is 49.7 Å². The minimum Gasteiger partial charge on any atom is -0.497 e. The first-order valence-corrected chi connectivity index (χ1v) is 16.7. The third kappa shape index (κ3) is 5.96. The third-order valence-electron chi connectivity index (χ3n) is 9.10. The van der Waals surface area contributed by atoms with E-state index in [0.717, 1.165) is 63.5 Å². The molecule has 11 nitrogen and oxygen atoms in total. The summed E-state index contributed by atoms with van der Waals surface area (Å²) < 4.78 is 41.3. The van der Waals surface area contributed by atoms with E-state index in [0.29, 0.717) is 24.8 Å². The van der Waals surface area contributed by atoms with Crippen LogP contribution in [0.5, 0.6) is 5.75 Å². The highest BCUT2D eigenvalue weighted by Gasteiger charge is 2.34. The summed E-state index contributed by atoms with van der Waals surface area (Å²) in [4.78, 5) is 33.1. The normalized spacial score (nSPS) is 17.0. The predicted molar refractivity (Wildman–Crippen MR) is 170 cm³/mol. The van der Waals surface area contributed by atoms with Crippen molar-refractivity contribution in [2.45, 2.75) is 57.5 Å². The lowest BCUT2D eigenvalue weighted by molar-refractivity contribution is -0.135. The van der Waals surface area contributed by atoms with Crippen molar-refractivity contribution in [3.05, 3.63) is 71.4 Å². The van der Waals surface area contributed by atoms with Crippen molar-refractivity contribution in [1.82, 2.24) is 23.5 Å².